The van der Waals surface area contributed by atoms with Crippen molar-refractivity contribution >= 4 is 23.4 Å². The molecule has 0 bridgehead atoms. The van der Waals surface area contributed by atoms with E-state index in [0.717, 1.165) is 10.6 Å². The van der Waals surface area contributed by atoms with E-state index in [2.05, 4.69) is 5.32 Å². The van der Waals surface area contributed by atoms with E-state index in [1.165, 1.54) is 21.3 Å². The summed E-state index contributed by atoms with van der Waals surface area (Å²) in [7, 11) is 4.53. The quantitative estimate of drug-likeness (QED) is 0.817. The number of carbonyl (C=O) groups is 1. The maximum Gasteiger partial charge on any atom is 0.259 e. The molecule has 0 saturated carbocycles. The third-order valence-electron chi connectivity index (χ3n) is 3.28. The average molecular weight is 333 g/mol. The van der Waals surface area contributed by atoms with Gasteiger partial charge in [-0.1, -0.05) is 6.07 Å². The number of hydrogen-bond donors (Lipinski definition) is 1. The molecule has 0 aliphatic heterocycles. The molecule has 0 saturated heterocycles. The van der Waals surface area contributed by atoms with Crippen molar-refractivity contribution in [3.05, 3.63) is 42.0 Å². The third kappa shape index (κ3) is 3.71. The van der Waals surface area contributed by atoms with E-state index in [9.17, 15) is 4.79 Å². The maximum absolute atomic E-state index is 12.6. The van der Waals surface area contributed by atoms with E-state index in [0.29, 0.717) is 22.8 Å². The van der Waals surface area contributed by atoms with E-state index in [4.69, 9.17) is 14.2 Å². The van der Waals surface area contributed by atoms with Crippen LogP contribution in [-0.2, 0) is 0 Å². The maximum atomic E-state index is 12.6. The molecule has 2 rings (SSSR count). The molecule has 0 fully saturated rings. The standard InChI is InChI=1S/C17H19NO4S/c1-20-14-9-8-13(15(21-2)16(14)22-3)17(19)18-11-6-5-7-12(10-11)23-4/h5-10H,1-4H3,(H,18,19). The topological polar surface area (TPSA) is 56.8 Å². The number of methoxy groups -OCH3 is 3. The lowest BCUT2D eigenvalue weighted by atomic mass is 10.1. The van der Waals surface area contributed by atoms with E-state index < -0.39 is 0 Å². The fraction of sp³-hybridized carbons (Fsp3) is 0.235. The summed E-state index contributed by atoms with van der Waals surface area (Å²) in [5, 5.41) is 2.87. The molecule has 0 radical (unpaired) electrons. The van der Waals surface area contributed by atoms with Crippen molar-refractivity contribution < 1.29 is 19.0 Å². The largest absolute Gasteiger partial charge is 0.493 e. The first-order chi connectivity index (χ1) is 11.1. The summed E-state index contributed by atoms with van der Waals surface area (Å²) >= 11 is 1.61. The van der Waals surface area contributed by atoms with Gasteiger partial charge in [-0.05, 0) is 36.6 Å². The van der Waals surface area contributed by atoms with Gasteiger partial charge in [-0.25, -0.2) is 0 Å². The summed E-state index contributed by atoms with van der Waals surface area (Å²) in [5.41, 5.74) is 1.10. The van der Waals surface area contributed by atoms with E-state index >= 15 is 0 Å². The predicted molar refractivity (Wildman–Crippen MR) is 92.3 cm³/mol. The zero-order valence-electron chi connectivity index (χ0n) is 13.5. The lowest BCUT2D eigenvalue weighted by Gasteiger charge is -2.15. The summed E-state index contributed by atoms with van der Waals surface area (Å²) in [6, 6.07) is 11.0. The average Bonchev–Trinajstić information content (AvgIpc) is 2.60. The molecular weight excluding hydrogens is 314 g/mol. The highest BCUT2D eigenvalue weighted by atomic mass is 32.2. The highest BCUT2D eigenvalue weighted by Crippen LogP contribution is 2.39. The lowest BCUT2D eigenvalue weighted by molar-refractivity contribution is 0.102. The van der Waals surface area contributed by atoms with Crippen LogP contribution in [0.15, 0.2) is 41.3 Å². The van der Waals surface area contributed by atoms with Gasteiger partial charge in [0.05, 0.1) is 26.9 Å². The van der Waals surface area contributed by atoms with Crippen LogP contribution in [0.5, 0.6) is 17.2 Å². The van der Waals surface area contributed by atoms with Crippen molar-refractivity contribution in [3.63, 3.8) is 0 Å². The number of anilines is 1. The summed E-state index contributed by atoms with van der Waals surface area (Å²) < 4.78 is 15.9. The summed E-state index contributed by atoms with van der Waals surface area (Å²) in [6.45, 7) is 0. The number of benzene rings is 2. The first-order valence-corrected chi connectivity index (χ1v) is 8.11. The van der Waals surface area contributed by atoms with Crippen LogP contribution in [0, 0.1) is 0 Å². The molecule has 0 atom stereocenters. The Balaban J connectivity index is 2.35. The van der Waals surface area contributed by atoms with Crippen LogP contribution in [0.25, 0.3) is 0 Å². The van der Waals surface area contributed by atoms with Crippen LogP contribution < -0.4 is 19.5 Å². The van der Waals surface area contributed by atoms with Gasteiger partial charge >= 0.3 is 0 Å². The fourth-order valence-corrected chi connectivity index (χ4v) is 2.64. The number of nitrogens with one attached hydrogen (secondary N) is 1. The van der Waals surface area contributed by atoms with Gasteiger partial charge in [0.15, 0.2) is 11.5 Å². The molecule has 0 aliphatic rings. The van der Waals surface area contributed by atoms with Crippen molar-refractivity contribution in [1.82, 2.24) is 0 Å². The molecular formula is C17H19NO4S. The minimum Gasteiger partial charge on any atom is -0.493 e. The Morgan fingerprint density at radius 2 is 1.74 bits per heavy atom. The van der Waals surface area contributed by atoms with Gasteiger partial charge < -0.3 is 19.5 Å². The monoisotopic (exact) mass is 333 g/mol. The lowest BCUT2D eigenvalue weighted by Crippen LogP contribution is -2.14. The Kier molecular flexibility index (Phi) is 5.76. The van der Waals surface area contributed by atoms with Gasteiger partial charge in [0, 0.05) is 10.6 Å². The second-order valence-electron chi connectivity index (χ2n) is 4.57. The molecule has 0 spiro atoms. The molecule has 1 N–H and O–H groups in total. The number of amides is 1. The highest BCUT2D eigenvalue weighted by molar-refractivity contribution is 7.98. The number of carbonyl (C=O) groups excluding carboxylic acids is 1. The second-order valence-corrected chi connectivity index (χ2v) is 5.45. The SMILES string of the molecule is COc1ccc(C(=O)Nc2cccc(SC)c2)c(OC)c1OC. The van der Waals surface area contributed by atoms with Crippen LogP contribution in [0.1, 0.15) is 10.4 Å². The van der Waals surface area contributed by atoms with E-state index in [-0.39, 0.29) is 5.91 Å². The molecule has 2 aromatic rings. The van der Waals surface area contributed by atoms with Crippen molar-refractivity contribution in [1.29, 1.82) is 0 Å². The predicted octanol–water partition coefficient (Wildman–Crippen LogP) is 3.69. The molecule has 23 heavy (non-hydrogen) atoms. The molecule has 0 aromatic heterocycles. The summed E-state index contributed by atoms with van der Waals surface area (Å²) in [4.78, 5) is 13.6. The molecule has 122 valence electrons. The highest BCUT2D eigenvalue weighted by Gasteiger charge is 2.20. The van der Waals surface area contributed by atoms with Crippen LogP contribution in [-0.4, -0.2) is 33.5 Å². The second kappa shape index (κ2) is 7.78. The minimum atomic E-state index is -0.277. The van der Waals surface area contributed by atoms with Gasteiger partial charge in [-0.3, -0.25) is 4.79 Å². The fourth-order valence-electron chi connectivity index (χ4n) is 2.18. The molecule has 0 heterocycles. The smallest absolute Gasteiger partial charge is 0.259 e. The van der Waals surface area contributed by atoms with Gasteiger partial charge in [-0.2, -0.15) is 0 Å². The van der Waals surface area contributed by atoms with E-state index in [1.54, 1.807) is 23.9 Å². The van der Waals surface area contributed by atoms with Gasteiger partial charge in [0.1, 0.15) is 0 Å². The van der Waals surface area contributed by atoms with E-state index in [1.807, 2.05) is 30.5 Å². The molecule has 5 nitrogen and oxygen atoms in total. The first-order valence-electron chi connectivity index (χ1n) is 6.89. The number of hydrogen-bond acceptors (Lipinski definition) is 5. The Labute approximate surface area is 139 Å². The normalized spacial score (nSPS) is 10.1. The zero-order valence-corrected chi connectivity index (χ0v) is 14.3. The third-order valence-corrected chi connectivity index (χ3v) is 4.00. The zero-order chi connectivity index (χ0) is 16.8. The van der Waals surface area contributed by atoms with Gasteiger partial charge in [0.25, 0.3) is 5.91 Å². The van der Waals surface area contributed by atoms with Gasteiger partial charge in [-0.15, -0.1) is 11.8 Å². The first kappa shape index (κ1) is 17.0. The van der Waals surface area contributed by atoms with Gasteiger partial charge in [0.2, 0.25) is 5.75 Å². The molecule has 0 unspecified atom stereocenters. The molecule has 0 aliphatic carbocycles. The van der Waals surface area contributed by atoms with Crippen molar-refractivity contribution in [2.45, 2.75) is 4.90 Å². The van der Waals surface area contributed by atoms with Crippen molar-refractivity contribution in [2.24, 2.45) is 0 Å². The molecule has 6 heteroatoms. The van der Waals surface area contributed by atoms with Crippen LogP contribution in [0.3, 0.4) is 0 Å². The summed E-state index contributed by atoms with van der Waals surface area (Å²) in [6.07, 6.45) is 1.98. The van der Waals surface area contributed by atoms with Crippen molar-refractivity contribution in [2.75, 3.05) is 32.9 Å². The van der Waals surface area contributed by atoms with Crippen molar-refractivity contribution in [3.8, 4) is 17.2 Å². The molecule has 1 amide bonds. The van der Waals surface area contributed by atoms with Crippen LogP contribution in [0.4, 0.5) is 5.69 Å². The Bertz CT molecular complexity index is 703. The number of rotatable bonds is 6. The van der Waals surface area contributed by atoms with Crippen LogP contribution >= 0.6 is 11.8 Å². The number of ether oxygens (including phenoxy) is 3. The number of thioether (sulfide) groups is 1. The minimum absolute atomic E-state index is 0.277. The summed E-state index contributed by atoms with van der Waals surface area (Å²) in [5.74, 6) is 0.956. The molecule has 2 aromatic carbocycles. The van der Waals surface area contributed by atoms with Crippen LogP contribution in [0.2, 0.25) is 0 Å². The Morgan fingerprint density at radius 3 is 2.35 bits per heavy atom. The Hall–Kier alpha value is -2.34. The Morgan fingerprint density at radius 1 is 1.00 bits per heavy atom.